The van der Waals surface area contributed by atoms with Crippen LogP contribution in [0, 0.1) is 0 Å². The smallest absolute Gasteiger partial charge is 0.388 e. The van der Waals surface area contributed by atoms with E-state index in [4.69, 9.17) is 5.11 Å². The van der Waals surface area contributed by atoms with Gasteiger partial charge in [0, 0.05) is 0 Å². The number of phosphoric ester groups is 1. The van der Waals surface area contributed by atoms with Crippen molar-refractivity contribution >= 4 is 13.7 Å². The third-order valence-electron chi connectivity index (χ3n) is 1.52. The van der Waals surface area contributed by atoms with Crippen LogP contribution in [-0.2, 0) is 23.0 Å². The molecule has 1 fully saturated rings. The number of hydrogen-bond acceptors (Lipinski definition) is 6. The van der Waals surface area contributed by atoms with Gasteiger partial charge in [-0.05, 0) is 6.92 Å². The highest BCUT2D eigenvalue weighted by Gasteiger charge is 2.51. The van der Waals surface area contributed by atoms with Crippen molar-refractivity contribution in [2.45, 2.75) is 13.0 Å². The SMILES string of the molecule is CC(O)C1=C2OP(=O)(ONC1=O)O2. The molecule has 1 amide bonds. The molecule has 0 aliphatic carbocycles. The molecule has 1 saturated heterocycles. The molecule has 0 saturated carbocycles. The molecule has 8 heteroatoms. The maximum Gasteiger partial charge on any atom is 0.614 e. The summed E-state index contributed by atoms with van der Waals surface area (Å²) in [4.78, 5) is 11.1. The Hall–Kier alpha value is -1.04. The molecule has 3 heterocycles. The molecule has 72 valence electrons. The molecule has 7 nitrogen and oxygen atoms in total. The maximum atomic E-state index is 11.1. The van der Waals surface area contributed by atoms with Gasteiger partial charge < -0.3 is 14.2 Å². The van der Waals surface area contributed by atoms with Crippen LogP contribution in [0.2, 0.25) is 0 Å². The number of rotatable bonds is 1. The molecule has 1 unspecified atom stereocenters. The second-order valence-corrected chi connectivity index (χ2v) is 3.97. The van der Waals surface area contributed by atoms with Gasteiger partial charge in [0.2, 0.25) is 0 Å². The van der Waals surface area contributed by atoms with Gasteiger partial charge in [-0.3, -0.25) is 4.79 Å². The normalized spacial score (nSPS) is 26.2. The topological polar surface area (TPSA) is 94.1 Å². The molecule has 0 aromatic carbocycles. The van der Waals surface area contributed by atoms with E-state index in [0.717, 1.165) is 0 Å². The quantitative estimate of drug-likeness (QED) is 0.578. The third-order valence-corrected chi connectivity index (χ3v) is 2.62. The highest BCUT2D eigenvalue weighted by atomic mass is 31.2. The highest BCUT2D eigenvalue weighted by molar-refractivity contribution is 7.50. The molecule has 3 aliphatic heterocycles. The molecule has 2 bridgehead atoms. The predicted octanol–water partition coefficient (Wildman–Crippen LogP) is -0.205. The first-order valence-electron chi connectivity index (χ1n) is 3.42. The Morgan fingerprint density at radius 1 is 1.54 bits per heavy atom. The summed E-state index contributed by atoms with van der Waals surface area (Å²) >= 11 is 0. The van der Waals surface area contributed by atoms with E-state index in [2.05, 4.69) is 13.7 Å². The van der Waals surface area contributed by atoms with Crippen LogP contribution < -0.4 is 5.48 Å². The largest absolute Gasteiger partial charge is 0.614 e. The monoisotopic (exact) mass is 207 g/mol. The molecule has 0 aromatic rings. The second kappa shape index (κ2) is 2.47. The number of nitrogens with one attached hydrogen (secondary N) is 1. The standard InChI is InChI=1S/C5H6NO6P/c1-2(7)3-4(8)6-12-13(9)10-5(3)11-13/h2,7H,1H3,(H,6,8). The first kappa shape index (κ1) is 8.55. The first-order valence-corrected chi connectivity index (χ1v) is 4.88. The fourth-order valence-electron chi connectivity index (χ4n) is 0.951. The lowest BCUT2D eigenvalue weighted by molar-refractivity contribution is -0.124. The molecule has 0 radical (unpaired) electrons. The summed E-state index contributed by atoms with van der Waals surface area (Å²) in [7, 11) is -3.60. The van der Waals surface area contributed by atoms with Crippen molar-refractivity contribution in [3.05, 3.63) is 11.5 Å². The van der Waals surface area contributed by atoms with Crippen LogP contribution in [0.5, 0.6) is 0 Å². The van der Waals surface area contributed by atoms with Crippen molar-refractivity contribution < 1.29 is 28.1 Å². The fraction of sp³-hybridized carbons (Fsp3) is 0.400. The van der Waals surface area contributed by atoms with E-state index < -0.39 is 19.8 Å². The Balaban J connectivity index is 2.38. The summed E-state index contributed by atoms with van der Waals surface area (Å²) in [5, 5.41) is 9.13. The second-order valence-electron chi connectivity index (χ2n) is 2.53. The van der Waals surface area contributed by atoms with E-state index in [9.17, 15) is 9.36 Å². The van der Waals surface area contributed by atoms with Crippen LogP contribution in [0.1, 0.15) is 6.92 Å². The molecular weight excluding hydrogens is 201 g/mol. The summed E-state index contributed by atoms with van der Waals surface area (Å²) in [6.07, 6.45) is -1.08. The zero-order valence-corrected chi connectivity index (χ0v) is 7.41. The van der Waals surface area contributed by atoms with E-state index in [1.165, 1.54) is 6.92 Å². The van der Waals surface area contributed by atoms with E-state index >= 15 is 0 Å². The number of aliphatic hydroxyl groups excluding tert-OH is 1. The van der Waals surface area contributed by atoms with E-state index in [0.29, 0.717) is 0 Å². The number of aliphatic hydroxyl groups is 1. The maximum absolute atomic E-state index is 11.1. The van der Waals surface area contributed by atoms with Gasteiger partial charge >= 0.3 is 13.8 Å². The predicted molar refractivity (Wildman–Crippen MR) is 37.7 cm³/mol. The number of hydroxylamine groups is 1. The number of carbonyl (C=O) groups excluding carboxylic acids is 1. The van der Waals surface area contributed by atoms with Crippen LogP contribution in [-0.4, -0.2) is 17.1 Å². The van der Waals surface area contributed by atoms with Gasteiger partial charge in [0.15, 0.2) is 0 Å². The number of carbonyl (C=O) groups is 1. The van der Waals surface area contributed by atoms with Gasteiger partial charge in [0.1, 0.15) is 5.57 Å². The van der Waals surface area contributed by atoms with E-state index in [-0.39, 0.29) is 11.5 Å². The zero-order chi connectivity index (χ0) is 9.64. The Morgan fingerprint density at radius 3 is 2.69 bits per heavy atom. The zero-order valence-electron chi connectivity index (χ0n) is 6.51. The summed E-state index contributed by atoms with van der Waals surface area (Å²) in [6, 6.07) is 0. The summed E-state index contributed by atoms with van der Waals surface area (Å²) in [6.45, 7) is 1.35. The Labute approximate surface area is 72.8 Å². The summed E-state index contributed by atoms with van der Waals surface area (Å²) in [5.74, 6) is -0.964. The van der Waals surface area contributed by atoms with Crippen molar-refractivity contribution in [1.29, 1.82) is 0 Å². The molecule has 3 aliphatic rings. The van der Waals surface area contributed by atoms with Crippen LogP contribution in [0.25, 0.3) is 0 Å². The molecular formula is C5H6NO6P. The molecule has 3 rings (SSSR count). The van der Waals surface area contributed by atoms with Crippen molar-refractivity contribution in [2.24, 2.45) is 0 Å². The van der Waals surface area contributed by atoms with E-state index in [1.807, 2.05) is 5.48 Å². The average Bonchev–Trinajstić information content (AvgIpc) is 2.14. The van der Waals surface area contributed by atoms with Crippen LogP contribution in [0.15, 0.2) is 11.5 Å². The molecule has 0 spiro atoms. The minimum absolute atomic E-state index is 0.135. The third kappa shape index (κ3) is 1.21. The summed E-state index contributed by atoms with van der Waals surface area (Å²) in [5.41, 5.74) is 1.70. The van der Waals surface area contributed by atoms with Gasteiger partial charge in [-0.2, -0.15) is 0 Å². The lowest BCUT2D eigenvalue weighted by Gasteiger charge is -2.25. The van der Waals surface area contributed by atoms with Crippen molar-refractivity contribution in [2.75, 3.05) is 0 Å². The number of phosphoric acid groups is 1. The Bertz CT molecular complexity index is 335. The van der Waals surface area contributed by atoms with Crippen molar-refractivity contribution in [1.82, 2.24) is 5.48 Å². The van der Waals surface area contributed by atoms with Gasteiger partial charge in [0.05, 0.1) is 6.10 Å². The van der Waals surface area contributed by atoms with Crippen molar-refractivity contribution in [3.8, 4) is 0 Å². The number of fused-ring (bicyclic) bond motifs is 3. The van der Waals surface area contributed by atoms with E-state index in [1.54, 1.807) is 0 Å². The summed E-state index contributed by atoms with van der Waals surface area (Å²) < 4.78 is 24.5. The number of hydrogen-bond donors (Lipinski definition) is 2. The minimum Gasteiger partial charge on any atom is -0.388 e. The average molecular weight is 207 g/mol. The Kier molecular flexibility index (Phi) is 1.63. The van der Waals surface area contributed by atoms with Crippen LogP contribution in [0.4, 0.5) is 0 Å². The highest BCUT2D eigenvalue weighted by Crippen LogP contribution is 2.63. The van der Waals surface area contributed by atoms with Gasteiger partial charge in [-0.25, -0.2) is 10.0 Å². The van der Waals surface area contributed by atoms with Crippen LogP contribution in [0.3, 0.4) is 0 Å². The minimum atomic E-state index is -3.60. The fourth-order valence-corrected chi connectivity index (χ4v) is 1.84. The first-order chi connectivity index (χ1) is 6.02. The molecule has 2 N–H and O–H groups in total. The van der Waals surface area contributed by atoms with Crippen LogP contribution >= 0.6 is 7.82 Å². The lowest BCUT2D eigenvalue weighted by Crippen LogP contribution is -2.26. The molecule has 0 aromatic heterocycles. The van der Waals surface area contributed by atoms with Crippen molar-refractivity contribution in [3.63, 3.8) is 0 Å². The molecule has 1 atom stereocenters. The van der Waals surface area contributed by atoms with Gasteiger partial charge in [-0.15, -0.1) is 4.62 Å². The van der Waals surface area contributed by atoms with Gasteiger partial charge in [-0.1, -0.05) is 0 Å². The lowest BCUT2D eigenvalue weighted by atomic mass is 10.2. The molecule has 13 heavy (non-hydrogen) atoms. The number of amides is 1. The Morgan fingerprint density at radius 2 is 2.15 bits per heavy atom. The van der Waals surface area contributed by atoms with Gasteiger partial charge in [0.25, 0.3) is 5.91 Å².